The topological polar surface area (TPSA) is 83.1 Å². The van der Waals surface area contributed by atoms with Crippen LogP contribution in [0.15, 0.2) is 29.3 Å². The van der Waals surface area contributed by atoms with Crippen LogP contribution in [0, 0.1) is 5.41 Å². The Bertz CT molecular complexity index is 922. The second-order valence-electron chi connectivity index (χ2n) is 6.81. The third-order valence-electron chi connectivity index (χ3n) is 5.09. The van der Waals surface area contributed by atoms with Crippen molar-refractivity contribution in [2.75, 3.05) is 29.5 Å². The molecule has 7 heteroatoms. The molecule has 2 aromatic rings. The summed E-state index contributed by atoms with van der Waals surface area (Å²) in [7, 11) is -2.92. The first-order valence-electron chi connectivity index (χ1n) is 7.89. The first kappa shape index (κ1) is 14.7. The minimum atomic E-state index is -2.92. The minimum Gasteiger partial charge on any atom is -0.370 e. The van der Waals surface area contributed by atoms with Gasteiger partial charge in [-0.15, -0.1) is 0 Å². The number of aromatic nitrogens is 2. The molecule has 0 radical (unpaired) electrons. The molecular weight excluding hydrogens is 314 g/mol. The van der Waals surface area contributed by atoms with E-state index in [1.165, 1.54) is 0 Å². The number of hydrogen-bond acceptors (Lipinski definition) is 5. The second kappa shape index (κ2) is 5.06. The van der Waals surface area contributed by atoms with Crippen molar-refractivity contribution in [3.63, 3.8) is 0 Å². The van der Waals surface area contributed by atoms with E-state index in [0.717, 1.165) is 36.9 Å². The van der Waals surface area contributed by atoms with E-state index in [4.69, 9.17) is 0 Å². The number of aromatic amines is 1. The monoisotopic (exact) mass is 333 g/mol. The molecule has 2 saturated heterocycles. The van der Waals surface area contributed by atoms with Crippen LogP contribution in [0.2, 0.25) is 0 Å². The van der Waals surface area contributed by atoms with E-state index in [0.29, 0.717) is 17.8 Å². The molecule has 1 atom stereocenters. The van der Waals surface area contributed by atoms with Crippen molar-refractivity contribution in [3.05, 3.63) is 34.9 Å². The predicted molar refractivity (Wildman–Crippen MR) is 89.5 cm³/mol. The van der Waals surface area contributed by atoms with E-state index in [-0.39, 0.29) is 16.7 Å². The molecule has 6 nitrogen and oxygen atoms in total. The summed E-state index contributed by atoms with van der Waals surface area (Å²) in [4.78, 5) is 21.0. The molecule has 1 spiro atoms. The number of nitrogens with one attached hydrogen (secondary N) is 1. The summed E-state index contributed by atoms with van der Waals surface area (Å²) in [5.41, 5.74) is 1.29. The number of rotatable bonds is 1. The first-order valence-corrected chi connectivity index (χ1v) is 9.71. The second-order valence-corrected chi connectivity index (χ2v) is 8.99. The van der Waals surface area contributed by atoms with Crippen molar-refractivity contribution in [3.8, 4) is 0 Å². The molecule has 0 aromatic carbocycles. The largest absolute Gasteiger partial charge is 0.370 e. The average Bonchev–Trinajstić information content (AvgIpc) is 2.81. The van der Waals surface area contributed by atoms with Gasteiger partial charge in [-0.3, -0.25) is 9.78 Å². The lowest BCUT2D eigenvalue weighted by Crippen LogP contribution is -2.44. The zero-order chi connectivity index (χ0) is 16.1. The lowest BCUT2D eigenvalue weighted by atomic mass is 9.79. The summed E-state index contributed by atoms with van der Waals surface area (Å²) in [5.74, 6) is 0.570. The summed E-state index contributed by atoms with van der Waals surface area (Å²) in [6, 6.07) is 3.51. The van der Waals surface area contributed by atoms with Crippen molar-refractivity contribution >= 4 is 26.4 Å². The van der Waals surface area contributed by atoms with E-state index in [9.17, 15) is 13.2 Å². The molecule has 4 heterocycles. The standard InChI is InChI=1S/C16H19N3O3S/c20-15-8-14(12-2-5-17-9-13(12)18-15)19-6-1-3-16(10-19)4-7-23(21,22)11-16/h2,5,8-9H,1,3-4,6-7,10-11H2,(H,18,20). The van der Waals surface area contributed by atoms with E-state index in [1.807, 2.05) is 6.07 Å². The molecule has 2 aliphatic rings. The van der Waals surface area contributed by atoms with Gasteiger partial charge in [-0.05, 0) is 25.3 Å². The third-order valence-corrected chi connectivity index (χ3v) is 6.97. The fourth-order valence-corrected chi connectivity index (χ4v) is 6.27. The molecule has 0 saturated carbocycles. The SMILES string of the molecule is O=c1cc(N2CCCC3(CCS(=O)(=O)C3)C2)c2ccncc2[nH]1. The Morgan fingerprint density at radius 1 is 1.30 bits per heavy atom. The van der Waals surface area contributed by atoms with Crippen LogP contribution in [-0.2, 0) is 9.84 Å². The van der Waals surface area contributed by atoms with Gasteiger partial charge in [-0.2, -0.15) is 0 Å². The van der Waals surface area contributed by atoms with Gasteiger partial charge in [-0.25, -0.2) is 8.42 Å². The molecule has 4 rings (SSSR count). The molecule has 2 aliphatic heterocycles. The van der Waals surface area contributed by atoms with Gasteiger partial charge >= 0.3 is 0 Å². The van der Waals surface area contributed by atoms with Gasteiger partial charge in [-0.1, -0.05) is 0 Å². The maximum atomic E-state index is 12.0. The molecule has 2 fully saturated rings. The highest BCUT2D eigenvalue weighted by molar-refractivity contribution is 7.91. The van der Waals surface area contributed by atoms with E-state index in [2.05, 4.69) is 14.9 Å². The van der Waals surface area contributed by atoms with Crippen LogP contribution in [0.1, 0.15) is 19.3 Å². The minimum absolute atomic E-state index is 0.154. The molecule has 0 amide bonds. The average molecular weight is 333 g/mol. The van der Waals surface area contributed by atoms with E-state index < -0.39 is 9.84 Å². The lowest BCUT2D eigenvalue weighted by Gasteiger charge is -2.41. The smallest absolute Gasteiger partial charge is 0.250 e. The quantitative estimate of drug-likeness (QED) is 0.851. The van der Waals surface area contributed by atoms with E-state index >= 15 is 0 Å². The normalized spacial score (nSPS) is 26.9. The van der Waals surface area contributed by atoms with Crippen LogP contribution < -0.4 is 10.5 Å². The van der Waals surface area contributed by atoms with Gasteiger partial charge in [0.05, 0.1) is 28.9 Å². The Balaban J connectivity index is 1.75. The molecule has 122 valence electrons. The van der Waals surface area contributed by atoms with Crippen LogP contribution in [0.3, 0.4) is 0 Å². The molecule has 1 unspecified atom stereocenters. The van der Waals surface area contributed by atoms with Gasteiger partial charge in [0.2, 0.25) is 0 Å². The Morgan fingerprint density at radius 2 is 2.17 bits per heavy atom. The number of piperidine rings is 1. The van der Waals surface area contributed by atoms with Gasteiger partial charge in [0.25, 0.3) is 5.56 Å². The number of pyridine rings is 2. The summed E-state index contributed by atoms with van der Waals surface area (Å²) in [6.07, 6.45) is 6.00. The molecule has 0 aliphatic carbocycles. The first-order chi connectivity index (χ1) is 11.0. The third kappa shape index (κ3) is 2.63. The maximum absolute atomic E-state index is 12.0. The molecule has 1 N–H and O–H groups in total. The summed E-state index contributed by atoms with van der Waals surface area (Å²) in [6.45, 7) is 1.55. The van der Waals surface area contributed by atoms with Gasteiger partial charge in [0.1, 0.15) is 0 Å². The van der Waals surface area contributed by atoms with Gasteiger partial charge in [0.15, 0.2) is 9.84 Å². The number of anilines is 1. The summed E-state index contributed by atoms with van der Waals surface area (Å²) in [5, 5.41) is 0.956. The van der Waals surface area contributed by atoms with Gasteiger partial charge < -0.3 is 9.88 Å². The van der Waals surface area contributed by atoms with Crippen LogP contribution in [0.5, 0.6) is 0 Å². The van der Waals surface area contributed by atoms with Crippen molar-refractivity contribution in [2.24, 2.45) is 5.41 Å². The highest BCUT2D eigenvalue weighted by atomic mass is 32.2. The van der Waals surface area contributed by atoms with Crippen molar-refractivity contribution < 1.29 is 8.42 Å². The summed E-state index contributed by atoms with van der Waals surface area (Å²) >= 11 is 0. The Labute approximate surface area is 134 Å². The Hall–Kier alpha value is -1.89. The highest BCUT2D eigenvalue weighted by Gasteiger charge is 2.44. The lowest BCUT2D eigenvalue weighted by molar-refractivity contribution is 0.270. The number of H-pyrrole nitrogens is 1. The van der Waals surface area contributed by atoms with Crippen LogP contribution in [-0.4, -0.2) is 43.0 Å². The number of fused-ring (bicyclic) bond motifs is 1. The van der Waals surface area contributed by atoms with E-state index in [1.54, 1.807) is 18.5 Å². The molecular formula is C16H19N3O3S. The van der Waals surface area contributed by atoms with Crippen molar-refractivity contribution in [1.29, 1.82) is 0 Å². The van der Waals surface area contributed by atoms with Crippen LogP contribution >= 0.6 is 0 Å². The Morgan fingerprint density at radius 3 is 2.96 bits per heavy atom. The van der Waals surface area contributed by atoms with Crippen LogP contribution in [0.25, 0.3) is 10.9 Å². The van der Waals surface area contributed by atoms with Crippen LogP contribution in [0.4, 0.5) is 5.69 Å². The zero-order valence-electron chi connectivity index (χ0n) is 12.8. The number of hydrogen-bond donors (Lipinski definition) is 1. The molecule has 23 heavy (non-hydrogen) atoms. The fourth-order valence-electron chi connectivity index (χ4n) is 4.07. The maximum Gasteiger partial charge on any atom is 0.250 e. The predicted octanol–water partition coefficient (Wildman–Crippen LogP) is 1.33. The summed E-state index contributed by atoms with van der Waals surface area (Å²) < 4.78 is 23.9. The zero-order valence-corrected chi connectivity index (χ0v) is 13.6. The number of nitrogens with zero attached hydrogens (tertiary/aromatic N) is 2. The van der Waals surface area contributed by atoms with Crippen molar-refractivity contribution in [1.82, 2.24) is 9.97 Å². The number of sulfone groups is 1. The van der Waals surface area contributed by atoms with Crippen molar-refractivity contribution in [2.45, 2.75) is 19.3 Å². The molecule has 0 bridgehead atoms. The fraction of sp³-hybridized carbons (Fsp3) is 0.500. The molecule has 2 aromatic heterocycles. The highest BCUT2D eigenvalue weighted by Crippen LogP contribution is 2.42. The Kier molecular flexibility index (Phi) is 3.23. The van der Waals surface area contributed by atoms with Gasteiger partial charge in [0, 0.05) is 36.2 Å².